The predicted octanol–water partition coefficient (Wildman–Crippen LogP) is 3.10. The fourth-order valence-electron chi connectivity index (χ4n) is 4.52. The minimum absolute atomic E-state index is 0.0294. The van der Waals surface area contributed by atoms with Crippen molar-refractivity contribution in [2.75, 3.05) is 36.8 Å². The number of halogens is 1. The number of carbonyl (C=O) groups excluding carboxylic acids is 3. The second-order valence-corrected chi connectivity index (χ2v) is 9.65. The number of nitrogens with one attached hydrogen (secondary N) is 5. The van der Waals surface area contributed by atoms with Gasteiger partial charge in [-0.1, -0.05) is 23.7 Å². The van der Waals surface area contributed by atoms with Crippen LogP contribution in [0.4, 0.5) is 27.8 Å². The van der Waals surface area contributed by atoms with Crippen molar-refractivity contribution in [2.45, 2.75) is 0 Å². The van der Waals surface area contributed by atoms with Crippen molar-refractivity contribution in [3.8, 4) is 0 Å². The second kappa shape index (κ2) is 10.7. The van der Waals surface area contributed by atoms with Gasteiger partial charge in [-0.3, -0.25) is 14.9 Å². The van der Waals surface area contributed by atoms with E-state index in [4.69, 9.17) is 16.6 Å². The SMILES string of the molecule is O=C1NC(=O)/C(=C/c2cnn3c(Nc4cccc(C(=O)N5CCNCC5)c4)cc(Nc4cccc(Cl)c4)nc23)N1. The number of benzene rings is 2. The van der Waals surface area contributed by atoms with Crippen LogP contribution in [0.5, 0.6) is 0 Å². The van der Waals surface area contributed by atoms with E-state index < -0.39 is 11.9 Å². The van der Waals surface area contributed by atoms with Gasteiger partial charge in [-0.2, -0.15) is 9.61 Å². The number of rotatable bonds is 6. The third-order valence-corrected chi connectivity index (χ3v) is 6.64. The first-order valence-corrected chi connectivity index (χ1v) is 12.9. The summed E-state index contributed by atoms with van der Waals surface area (Å²) in [5.74, 6) is 0.455. The highest BCUT2D eigenvalue weighted by atomic mass is 35.5. The lowest BCUT2D eigenvalue weighted by Gasteiger charge is -2.27. The summed E-state index contributed by atoms with van der Waals surface area (Å²) < 4.78 is 1.58. The van der Waals surface area contributed by atoms with E-state index in [1.165, 1.54) is 6.08 Å². The molecule has 2 aliphatic heterocycles. The van der Waals surface area contributed by atoms with Crippen molar-refractivity contribution in [2.24, 2.45) is 0 Å². The number of fused-ring (bicyclic) bond motifs is 1. The standard InChI is InChI=1S/C27H24ClN9O3/c28-18-4-2-6-20(13-18)31-22-14-23(32-19-5-1-3-16(11-19)26(39)36-9-7-29-8-10-36)37-24(34-22)17(15-30-37)12-21-25(38)35-27(40)33-21/h1-6,11-15,29,32H,7-10H2,(H,31,34)(H2,33,35,38,40)/b21-12-. The highest BCUT2D eigenvalue weighted by Crippen LogP contribution is 2.27. The summed E-state index contributed by atoms with van der Waals surface area (Å²) in [6.45, 7) is 2.85. The third-order valence-electron chi connectivity index (χ3n) is 6.40. The average molecular weight is 558 g/mol. The number of nitrogens with zero attached hydrogens (tertiary/aromatic N) is 4. The summed E-state index contributed by atoms with van der Waals surface area (Å²) in [6.07, 6.45) is 3.06. The highest BCUT2D eigenvalue weighted by molar-refractivity contribution is 6.30. The fourth-order valence-corrected chi connectivity index (χ4v) is 4.71. The van der Waals surface area contributed by atoms with Gasteiger partial charge in [0.1, 0.15) is 17.3 Å². The molecule has 2 aromatic carbocycles. The minimum Gasteiger partial charge on any atom is -0.340 e. The Kier molecular flexibility index (Phi) is 6.76. The zero-order chi connectivity index (χ0) is 27.6. The van der Waals surface area contributed by atoms with E-state index >= 15 is 0 Å². The Morgan fingerprint density at radius 3 is 2.50 bits per heavy atom. The van der Waals surface area contributed by atoms with Crippen LogP contribution in [-0.4, -0.2) is 63.5 Å². The molecule has 40 heavy (non-hydrogen) atoms. The Balaban J connectivity index is 1.37. The van der Waals surface area contributed by atoms with Crippen LogP contribution < -0.4 is 26.6 Å². The molecule has 0 radical (unpaired) electrons. The van der Waals surface area contributed by atoms with Gasteiger partial charge in [0, 0.05) is 59.8 Å². The Morgan fingerprint density at radius 1 is 0.975 bits per heavy atom. The van der Waals surface area contributed by atoms with Crippen LogP contribution in [0.2, 0.25) is 5.02 Å². The molecule has 0 bridgehead atoms. The molecule has 2 fully saturated rings. The molecule has 2 aliphatic rings. The molecule has 2 saturated heterocycles. The van der Waals surface area contributed by atoms with E-state index in [9.17, 15) is 14.4 Å². The van der Waals surface area contributed by atoms with Crippen LogP contribution in [0.25, 0.3) is 11.7 Å². The molecule has 6 rings (SSSR count). The molecule has 2 aromatic heterocycles. The summed E-state index contributed by atoms with van der Waals surface area (Å²) >= 11 is 6.17. The number of aromatic nitrogens is 3. The molecule has 4 heterocycles. The van der Waals surface area contributed by atoms with E-state index in [2.05, 4.69) is 31.7 Å². The maximum Gasteiger partial charge on any atom is 0.326 e. The molecular weight excluding hydrogens is 534 g/mol. The number of hydrogen-bond acceptors (Lipinski definition) is 8. The monoisotopic (exact) mass is 557 g/mol. The lowest BCUT2D eigenvalue weighted by molar-refractivity contribution is -0.115. The summed E-state index contributed by atoms with van der Waals surface area (Å²) in [5.41, 5.74) is 2.99. The van der Waals surface area contributed by atoms with E-state index in [-0.39, 0.29) is 11.6 Å². The number of amides is 4. The summed E-state index contributed by atoms with van der Waals surface area (Å²) in [5, 5.41) is 19.5. The van der Waals surface area contributed by atoms with Crippen molar-refractivity contribution in [3.63, 3.8) is 0 Å². The topological polar surface area (TPSA) is 145 Å². The summed E-state index contributed by atoms with van der Waals surface area (Å²) in [6, 6.07) is 15.7. The van der Waals surface area contributed by atoms with Crippen molar-refractivity contribution in [1.82, 2.24) is 35.4 Å². The van der Waals surface area contributed by atoms with Gasteiger partial charge in [-0.05, 0) is 42.5 Å². The molecule has 0 unspecified atom stereocenters. The number of carbonyl (C=O) groups is 3. The maximum absolute atomic E-state index is 13.1. The lowest BCUT2D eigenvalue weighted by Crippen LogP contribution is -2.46. The fraction of sp³-hybridized carbons (Fsp3) is 0.148. The van der Waals surface area contributed by atoms with E-state index in [1.54, 1.807) is 41.0 Å². The van der Waals surface area contributed by atoms with Gasteiger partial charge in [-0.25, -0.2) is 9.78 Å². The Labute approximate surface area is 233 Å². The number of urea groups is 1. The van der Waals surface area contributed by atoms with Gasteiger partial charge < -0.3 is 26.2 Å². The smallest absolute Gasteiger partial charge is 0.326 e. The lowest BCUT2D eigenvalue weighted by atomic mass is 10.1. The normalized spacial score (nSPS) is 16.2. The summed E-state index contributed by atoms with van der Waals surface area (Å²) in [7, 11) is 0. The quantitative estimate of drug-likeness (QED) is 0.180. The Bertz CT molecular complexity index is 1680. The van der Waals surface area contributed by atoms with Crippen LogP contribution in [0, 0.1) is 0 Å². The van der Waals surface area contributed by atoms with Gasteiger partial charge >= 0.3 is 6.03 Å². The highest BCUT2D eigenvalue weighted by Gasteiger charge is 2.24. The molecule has 5 N–H and O–H groups in total. The number of piperazine rings is 1. The Hall–Kier alpha value is -4.94. The van der Waals surface area contributed by atoms with Crippen LogP contribution in [0.3, 0.4) is 0 Å². The van der Waals surface area contributed by atoms with Gasteiger partial charge in [-0.15, -0.1) is 0 Å². The first kappa shape index (κ1) is 25.3. The van der Waals surface area contributed by atoms with Crippen LogP contribution in [0.15, 0.2) is 66.5 Å². The number of imide groups is 1. The van der Waals surface area contributed by atoms with Gasteiger partial charge in [0.25, 0.3) is 11.8 Å². The molecule has 0 spiro atoms. The molecule has 13 heteroatoms. The van der Waals surface area contributed by atoms with Gasteiger partial charge in [0.15, 0.2) is 5.65 Å². The molecule has 0 atom stereocenters. The molecular formula is C27H24ClN9O3. The zero-order valence-corrected chi connectivity index (χ0v) is 21.8. The van der Waals surface area contributed by atoms with Gasteiger partial charge in [0.05, 0.1) is 6.20 Å². The van der Waals surface area contributed by atoms with Gasteiger partial charge in [0.2, 0.25) is 0 Å². The number of hydrogen-bond donors (Lipinski definition) is 5. The molecule has 4 amide bonds. The van der Waals surface area contributed by atoms with Crippen LogP contribution >= 0.6 is 11.6 Å². The first-order valence-electron chi connectivity index (χ1n) is 12.6. The molecule has 202 valence electrons. The van der Waals surface area contributed by atoms with Crippen LogP contribution in [0.1, 0.15) is 15.9 Å². The molecule has 4 aromatic rings. The predicted molar refractivity (Wildman–Crippen MR) is 151 cm³/mol. The maximum atomic E-state index is 13.1. The Morgan fingerprint density at radius 2 is 1.75 bits per heavy atom. The minimum atomic E-state index is -0.596. The van der Waals surface area contributed by atoms with E-state index in [1.807, 2.05) is 29.2 Å². The van der Waals surface area contributed by atoms with E-state index in [0.29, 0.717) is 52.2 Å². The van der Waals surface area contributed by atoms with Crippen molar-refractivity contribution in [3.05, 3.63) is 82.6 Å². The zero-order valence-electron chi connectivity index (χ0n) is 21.1. The molecule has 0 aliphatic carbocycles. The molecule has 0 saturated carbocycles. The van der Waals surface area contributed by atoms with E-state index in [0.717, 1.165) is 18.8 Å². The second-order valence-electron chi connectivity index (χ2n) is 9.21. The third kappa shape index (κ3) is 5.30. The van der Waals surface area contributed by atoms with Crippen molar-refractivity contribution < 1.29 is 14.4 Å². The average Bonchev–Trinajstić information content (AvgIpc) is 3.50. The molecule has 12 nitrogen and oxygen atoms in total. The first-order chi connectivity index (χ1) is 19.4. The van der Waals surface area contributed by atoms with Crippen molar-refractivity contribution in [1.29, 1.82) is 0 Å². The summed E-state index contributed by atoms with van der Waals surface area (Å²) in [4.78, 5) is 43.3. The largest absolute Gasteiger partial charge is 0.340 e. The van der Waals surface area contributed by atoms with Crippen LogP contribution in [-0.2, 0) is 4.79 Å². The number of anilines is 4. The van der Waals surface area contributed by atoms with Crippen molar-refractivity contribution >= 4 is 64.2 Å².